The van der Waals surface area contributed by atoms with Crippen molar-refractivity contribution >= 4 is 40.1 Å². The molecule has 0 unspecified atom stereocenters. The molecule has 28 heavy (non-hydrogen) atoms. The van der Waals surface area contributed by atoms with Gasteiger partial charge in [-0.05, 0) is 30.3 Å². The van der Waals surface area contributed by atoms with Crippen LogP contribution in [0.1, 0.15) is 33.3 Å². The van der Waals surface area contributed by atoms with Crippen LogP contribution in [0.2, 0.25) is 0 Å². The minimum Gasteiger partial charge on any atom is -0.478 e. The number of nitrogens with zero attached hydrogens (tertiary/aromatic N) is 3. The zero-order valence-electron chi connectivity index (χ0n) is 14.9. The molecule has 0 saturated carbocycles. The first-order valence-electron chi connectivity index (χ1n) is 8.04. The normalized spacial score (nSPS) is 10.3. The molecule has 2 N–H and O–H groups in total. The van der Waals surface area contributed by atoms with Crippen LogP contribution in [0.3, 0.4) is 0 Å². The van der Waals surface area contributed by atoms with Crippen LogP contribution in [0.4, 0.5) is 11.4 Å². The molecule has 2 amide bonds. The van der Waals surface area contributed by atoms with E-state index in [9.17, 15) is 19.5 Å². The van der Waals surface area contributed by atoms with Crippen molar-refractivity contribution in [2.45, 2.75) is 6.92 Å². The number of anilines is 2. The summed E-state index contributed by atoms with van der Waals surface area (Å²) in [5.41, 5.74) is 0.806. The third kappa shape index (κ3) is 3.39. The zero-order chi connectivity index (χ0) is 20.4. The van der Waals surface area contributed by atoms with Crippen LogP contribution >= 0.6 is 0 Å². The number of carboxylic acid groups (broad SMARTS) is 1. The van der Waals surface area contributed by atoms with Gasteiger partial charge in [-0.25, -0.2) is 4.79 Å². The van der Waals surface area contributed by atoms with Crippen LogP contribution in [0.5, 0.6) is 0 Å². The number of nitrogens with one attached hydrogen (secondary N) is 1. The Labute approximate surface area is 158 Å². The lowest BCUT2D eigenvalue weighted by Crippen LogP contribution is -2.22. The van der Waals surface area contributed by atoms with Crippen LogP contribution < -0.4 is 10.2 Å². The molecule has 0 spiro atoms. The van der Waals surface area contributed by atoms with Crippen LogP contribution in [0.15, 0.2) is 40.9 Å². The van der Waals surface area contributed by atoms with E-state index in [1.165, 1.54) is 30.0 Å². The highest BCUT2D eigenvalue weighted by Crippen LogP contribution is 2.26. The Morgan fingerprint density at radius 2 is 1.96 bits per heavy atom. The summed E-state index contributed by atoms with van der Waals surface area (Å²) in [5.74, 6) is -2.12. The Bertz CT molecular complexity index is 1160. The van der Waals surface area contributed by atoms with E-state index in [1.54, 1.807) is 25.2 Å². The number of aromatic nitrogens is 1. The molecule has 0 aliphatic rings. The number of amides is 2. The fourth-order valence-electron chi connectivity index (χ4n) is 2.56. The van der Waals surface area contributed by atoms with Gasteiger partial charge in [0, 0.05) is 25.7 Å². The first-order chi connectivity index (χ1) is 13.3. The Hall–Kier alpha value is -4.19. The first-order valence-corrected chi connectivity index (χ1v) is 8.04. The third-order valence-electron chi connectivity index (χ3n) is 4.16. The van der Waals surface area contributed by atoms with Gasteiger partial charge in [0.2, 0.25) is 5.91 Å². The van der Waals surface area contributed by atoms with Gasteiger partial charge in [0.25, 0.3) is 5.91 Å². The molecular weight excluding hydrogens is 364 g/mol. The van der Waals surface area contributed by atoms with Crippen molar-refractivity contribution in [1.82, 2.24) is 5.16 Å². The molecule has 140 valence electrons. The molecule has 9 nitrogen and oxygen atoms in total. The Balaban J connectivity index is 1.94. The van der Waals surface area contributed by atoms with Crippen molar-refractivity contribution in [1.29, 1.82) is 5.26 Å². The number of rotatable bonds is 4. The lowest BCUT2D eigenvalue weighted by Gasteiger charge is -2.14. The van der Waals surface area contributed by atoms with E-state index in [2.05, 4.69) is 10.5 Å². The number of fused-ring (bicyclic) bond motifs is 1. The van der Waals surface area contributed by atoms with Gasteiger partial charge in [-0.3, -0.25) is 9.59 Å². The molecule has 0 aliphatic heterocycles. The number of hydrogen-bond acceptors (Lipinski definition) is 6. The Kier molecular flexibility index (Phi) is 4.78. The second-order valence-electron chi connectivity index (χ2n) is 5.92. The second kappa shape index (κ2) is 7.20. The standard InChI is InChI=1S/C19H14N4O5/c1-10(24)23(2)12-4-5-13-16(8-12)28-22-17(13)18(25)21-15-6-3-11(9-20)7-14(15)19(26)27/h3-8H,1-2H3,(H,21,25)(H,26,27). The summed E-state index contributed by atoms with van der Waals surface area (Å²) < 4.78 is 5.18. The van der Waals surface area contributed by atoms with Crippen LogP contribution in [0, 0.1) is 11.3 Å². The smallest absolute Gasteiger partial charge is 0.337 e. The molecule has 0 fully saturated rings. The average Bonchev–Trinajstić information content (AvgIpc) is 3.10. The lowest BCUT2D eigenvalue weighted by molar-refractivity contribution is -0.116. The zero-order valence-corrected chi connectivity index (χ0v) is 14.9. The maximum atomic E-state index is 12.6. The monoisotopic (exact) mass is 378 g/mol. The van der Waals surface area contributed by atoms with Crippen molar-refractivity contribution < 1.29 is 24.0 Å². The van der Waals surface area contributed by atoms with Gasteiger partial charge in [0.05, 0.1) is 28.3 Å². The predicted octanol–water partition coefficient (Wildman–Crippen LogP) is 2.63. The van der Waals surface area contributed by atoms with Crippen LogP contribution in [-0.4, -0.2) is 35.1 Å². The Morgan fingerprint density at radius 3 is 2.61 bits per heavy atom. The molecule has 0 radical (unpaired) electrons. The minimum absolute atomic E-state index is 0.0283. The summed E-state index contributed by atoms with van der Waals surface area (Å²) in [7, 11) is 1.60. The predicted molar refractivity (Wildman–Crippen MR) is 99.2 cm³/mol. The number of aromatic carboxylic acids is 1. The number of nitriles is 1. The maximum absolute atomic E-state index is 12.6. The molecular formula is C19H14N4O5. The fourth-order valence-corrected chi connectivity index (χ4v) is 2.56. The topological polar surface area (TPSA) is 137 Å². The molecule has 9 heteroatoms. The highest BCUT2D eigenvalue weighted by molar-refractivity contribution is 6.13. The number of carbonyl (C=O) groups is 3. The molecule has 0 atom stereocenters. The molecule has 0 bridgehead atoms. The largest absolute Gasteiger partial charge is 0.478 e. The SMILES string of the molecule is CC(=O)N(C)c1ccc2c(C(=O)Nc3ccc(C#N)cc3C(=O)O)noc2c1. The summed E-state index contributed by atoms with van der Waals surface area (Å²) >= 11 is 0. The molecule has 1 aromatic heterocycles. The summed E-state index contributed by atoms with van der Waals surface area (Å²) in [6, 6.07) is 10.6. The van der Waals surface area contributed by atoms with Gasteiger partial charge in [0.1, 0.15) is 0 Å². The Morgan fingerprint density at radius 1 is 1.21 bits per heavy atom. The van der Waals surface area contributed by atoms with Crippen molar-refractivity contribution in [2.75, 3.05) is 17.3 Å². The van der Waals surface area contributed by atoms with Crippen molar-refractivity contribution in [3.05, 3.63) is 53.2 Å². The number of carboxylic acids is 1. The van der Waals surface area contributed by atoms with Crippen LogP contribution in [0.25, 0.3) is 11.0 Å². The maximum Gasteiger partial charge on any atom is 0.337 e. The van der Waals surface area contributed by atoms with E-state index in [-0.39, 0.29) is 28.4 Å². The van der Waals surface area contributed by atoms with E-state index >= 15 is 0 Å². The van der Waals surface area contributed by atoms with E-state index in [4.69, 9.17) is 9.78 Å². The number of carbonyl (C=O) groups excluding carboxylic acids is 2. The van der Waals surface area contributed by atoms with E-state index in [1.807, 2.05) is 6.07 Å². The molecule has 0 saturated heterocycles. The second-order valence-corrected chi connectivity index (χ2v) is 5.92. The fraction of sp³-hybridized carbons (Fsp3) is 0.105. The molecule has 1 heterocycles. The third-order valence-corrected chi connectivity index (χ3v) is 4.16. The molecule has 3 rings (SSSR count). The summed E-state index contributed by atoms with van der Waals surface area (Å²) in [5, 5.41) is 24.8. The van der Waals surface area contributed by atoms with Gasteiger partial charge in [0.15, 0.2) is 11.3 Å². The van der Waals surface area contributed by atoms with E-state index < -0.39 is 11.9 Å². The van der Waals surface area contributed by atoms with E-state index in [0.717, 1.165) is 0 Å². The van der Waals surface area contributed by atoms with Gasteiger partial charge < -0.3 is 19.8 Å². The number of hydrogen-bond donors (Lipinski definition) is 2. The highest BCUT2D eigenvalue weighted by Gasteiger charge is 2.20. The van der Waals surface area contributed by atoms with Gasteiger partial charge in [-0.15, -0.1) is 0 Å². The van der Waals surface area contributed by atoms with Gasteiger partial charge in [-0.2, -0.15) is 5.26 Å². The minimum atomic E-state index is -1.28. The lowest BCUT2D eigenvalue weighted by atomic mass is 10.1. The van der Waals surface area contributed by atoms with Crippen molar-refractivity contribution in [3.63, 3.8) is 0 Å². The quantitative estimate of drug-likeness (QED) is 0.712. The number of benzene rings is 2. The van der Waals surface area contributed by atoms with Crippen molar-refractivity contribution in [3.8, 4) is 6.07 Å². The molecule has 0 aliphatic carbocycles. The average molecular weight is 378 g/mol. The van der Waals surface area contributed by atoms with E-state index in [0.29, 0.717) is 16.7 Å². The summed E-state index contributed by atoms with van der Waals surface area (Å²) in [6.07, 6.45) is 0. The van der Waals surface area contributed by atoms with Gasteiger partial charge >= 0.3 is 5.97 Å². The molecule has 2 aromatic carbocycles. The summed E-state index contributed by atoms with van der Waals surface area (Å²) in [6.45, 7) is 1.42. The van der Waals surface area contributed by atoms with Crippen molar-refractivity contribution in [2.24, 2.45) is 0 Å². The first kappa shape index (κ1) is 18.6. The van der Waals surface area contributed by atoms with Crippen LogP contribution in [-0.2, 0) is 4.79 Å². The molecule has 3 aromatic rings. The van der Waals surface area contributed by atoms with Gasteiger partial charge in [-0.1, -0.05) is 5.16 Å². The summed E-state index contributed by atoms with van der Waals surface area (Å²) in [4.78, 5) is 36.9. The highest BCUT2D eigenvalue weighted by atomic mass is 16.5.